The summed E-state index contributed by atoms with van der Waals surface area (Å²) >= 11 is 6.58. The Morgan fingerprint density at radius 1 is 1.08 bits per heavy atom. The average molecular weight is 537 g/mol. The molecule has 3 aromatic rings. The van der Waals surface area contributed by atoms with Crippen molar-refractivity contribution in [1.82, 2.24) is 20.2 Å². The third-order valence-corrected chi connectivity index (χ3v) is 7.21. The van der Waals surface area contributed by atoms with Crippen molar-refractivity contribution in [3.63, 3.8) is 0 Å². The maximum Gasteiger partial charge on any atom is 0.407 e. The number of nitrogens with zero attached hydrogens (tertiary/aromatic N) is 2. The van der Waals surface area contributed by atoms with Gasteiger partial charge in [-0.1, -0.05) is 80.9 Å². The first kappa shape index (κ1) is 27.4. The van der Waals surface area contributed by atoms with Gasteiger partial charge in [0.15, 0.2) is 5.78 Å². The summed E-state index contributed by atoms with van der Waals surface area (Å²) in [5.41, 5.74) is 4.20. The van der Waals surface area contributed by atoms with Crippen molar-refractivity contribution >= 4 is 29.4 Å². The Morgan fingerprint density at radius 2 is 1.68 bits per heavy atom. The summed E-state index contributed by atoms with van der Waals surface area (Å²) in [6.45, 7) is 6.19. The van der Waals surface area contributed by atoms with Gasteiger partial charge in [0.1, 0.15) is 22.7 Å². The molecular weight excluding hydrogens is 504 g/mol. The zero-order valence-electron chi connectivity index (χ0n) is 22.1. The smallest absolute Gasteiger partial charge is 0.407 e. The number of imidazole rings is 1. The summed E-state index contributed by atoms with van der Waals surface area (Å²) < 4.78 is 4.71. The predicted octanol–water partition coefficient (Wildman–Crippen LogP) is 6.03. The quantitative estimate of drug-likeness (QED) is 0.342. The third-order valence-electron chi connectivity index (χ3n) is 6.94. The van der Waals surface area contributed by atoms with Gasteiger partial charge in [-0.15, -0.1) is 0 Å². The minimum atomic E-state index is -0.699. The normalized spacial score (nSPS) is 15.9. The molecular formula is C29H33ClN4O4. The molecule has 1 aliphatic heterocycles. The van der Waals surface area contributed by atoms with Crippen LogP contribution < -0.4 is 5.32 Å². The summed E-state index contributed by atoms with van der Waals surface area (Å²) in [6, 6.07) is 14.5. The minimum Gasteiger partial charge on any atom is -0.453 e. The molecule has 0 aliphatic carbocycles. The molecule has 0 bridgehead atoms. The number of likely N-dealkylation sites (tertiary alicyclic amines) is 1. The van der Waals surface area contributed by atoms with Crippen LogP contribution in [-0.4, -0.2) is 52.3 Å². The van der Waals surface area contributed by atoms with Crippen LogP contribution in [0.1, 0.15) is 62.3 Å². The largest absolute Gasteiger partial charge is 0.453 e. The van der Waals surface area contributed by atoms with E-state index in [1.807, 2.05) is 69.3 Å². The molecule has 2 N–H and O–H groups in total. The van der Waals surface area contributed by atoms with Gasteiger partial charge in [-0.2, -0.15) is 0 Å². The fourth-order valence-corrected chi connectivity index (χ4v) is 5.03. The number of alkyl carbamates (subject to hydrolysis) is 1. The highest BCUT2D eigenvalue weighted by molar-refractivity contribution is 6.31. The molecule has 1 saturated heterocycles. The topological polar surface area (TPSA) is 104 Å². The van der Waals surface area contributed by atoms with Crippen molar-refractivity contribution in [2.75, 3.05) is 13.7 Å². The maximum atomic E-state index is 13.4. The van der Waals surface area contributed by atoms with Gasteiger partial charge >= 0.3 is 6.09 Å². The fourth-order valence-electron chi connectivity index (χ4n) is 4.78. The SMILES string of the molecule is CCC(=O)c1ccc(-c2ccc(-c3nc([C@@H]4CCCN4C(=O)[C@@H](NC(=O)OC)C(C)C)[nH]c3Cl)cc2)cc1. The van der Waals surface area contributed by atoms with Gasteiger partial charge in [-0.05, 0) is 29.9 Å². The van der Waals surface area contributed by atoms with Crippen LogP contribution in [0.2, 0.25) is 5.15 Å². The van der Waals surface area contributed by atoms with Crippen molar-refractivity contribution in [3.8, 4) is 22.4 Å². The molecule has 9 heteroatoms. The van der Waals surface area contributed by atoms with Crippen molar-refractivity contribution in [1.29, 1.82) is 0 Å². The number of methoxy groups -OCH3 is 1. The Labute approximate surface area is 227 Å². The highest BCUT2D eigenvalue weighted by atomic mass is 35.5. The summed E-state index contributed by atoms with van der Waals surface area (Å²) in [4.78, 5) is 46.8. The lowest BCUT2D eigenvalue weighted by molar-refractivity contribution is -0.135. The third kappa shape index (κ3) is 5.75. The molecule has 2 heterocycles. The van der Waals surface area contributed by atoms with E-state index < -0.39 is 12.1 Å². The second-order valence-electron chi connectivity index (χ2n) is 9.76. The molecule has 1 aliphatic rings. The zero-order valence-corrected chi connectivity index (χ0v) is 22.8. The van der Waals surface area contributed by atoms with Gasteiger partial charge in [-0.25, -0.2) is 9.78 Å². The number of Topliss-reactive ketones (excluding diaryl/α,β-unsaturated/α-hetero) is 1. The number of aromatic nitrogens is 2. The number of carbonyl (C=O) groups is 3. The number of aromatic amines is 1. The van der Waals surface area contributed by atoms with Crippen LogP contribution in [0.3, 0.4) is 0 Å². The van der Waals surface area contributed by atoms with Crippen molar-refractivity contribution in [2.45, 2.75) is 52.1 Å². The Bertz CT molecular complexity index is 1300. The van der Waals surface area contributed by atoms with Gasteiger partial charge in [-0.3, -0.25) is 9.59 Å². The number of ether oxygens (including phenoxy) is 1. The first-order valence-electron chi connectivity index (χ1n) is 12.9. The molecule has 8 nitrogen and oxygen atoms in total. The number of ketones is 1. The van der Waals surface area contributed by atoms with E-state index in [-0.39, 0.29) is 23.7 Å². The lowest BCUT2D eigenvalue weighted by atomic mass is 10.0. The molecule has 0 spiro atoms. The Morgan fingerprint density at radius 3 is 2.26 bits per heavy atom. The van der Waals surface area contributed by atoms with Crippen molar-refractivity contribution < 1.29 is 19.1 Å². The van der Waals surface area contributed by atoms with Gasteiger partial charge in [0.05, 0.1) is 13.2 Å². The minimum absolute atomic E-state index is 0.111. The maximum absolute atomic E-state index is 13.4. The molecule has 2 aromatic carbocycles. The fraction of sp³-hybridized carbons (Fsp3) is 0.379. The number of H-pyrrole nitrogens is 1. The molecule has 0 radical (unpaired) electrons. The van der Waals surface area contributed by atoms with Crippen LogP contribution in [0, 0.1) is 5.92 Å². The molecule has 2 atom stereocenters. The zero-order chi connectivity index (χ0) is 27.4. The van der Waals surface area contributed by atoms with Gasteiger partial charge in [0.2, 0.25) is 5.91 Å². The van der Waals surface area contributed by atoms with Crippen molar-refractivity contribution in [3.05, 3.63) is 65.1 Å². The monoisotopic (exact) mass is 536 g/mol. The molecule has 4 rings (SSSR count). The van der Waals surface area contributed by atoms with Gasteiger partial charge in [0, 0.05) is 24.1 Å². The van der Waals surface area contributed by atoms with Gasteiger partial charge < -0.3 is 19.9 Å². The first-order chi connectivity index (χ1) is 18.2. The van der Waals surface area contributed by atoms with Crippen LogP contribution in [0.4, 0.5) is 4.79 Å². The molecule has 0 unspecified atom stereocenters. The Hall–Kier alpha value is -3.65. The van der Waals surface area contributed by atoms with E-state index in [4.69, 9.17) is 21.3 Å². The lowest BCUT2D eigenvalue weighted by Crippen LogP contribution is -2.51. The van der Waals surface area contributed by atoms with E-state index in [1.54, 1.807) is 4.90 Å². The van der Waals surface area contributed by atoms with Crippen LogP contribution in [0.5, 0.6) is 0 Å². The Kier molecular flexibility index (Phi) is 8.52. The molecule has 38 heavy (non-hydrogen) atoms. The highest BCUT2D eigenvalue weighted by Gasteiger charge is 2.37. The van der Waals surface area contributed by atoms with E-state index in [0.29, 0.717) is 35.2 Å². The number of rotatable bonds is 8. The second-order valence-corrected chi connectivity index (χ2v) is 10.1. The average Bonchev–Trinajstić information content (AvgIpc) is 3.57. The predicted molar refractivity (Wildman–Crippen MR) is 147 cm³/mol. The molecule has 1 fully saturated rings. The molecule has 2 amide bonds. The molecule has 200 valence electrons. The van der Waals surface area contributed by atoms with Gasteiger partial charge in [0.25, 0.3) is 0 Å². The van der Waals surface area contributed by atoms with Crippen LogP contribution in [0.25, 0.3) is 22.4 Å². The van der Waals surface area contributed by atoms with E-state index in [1.165, 1.54) is 7.11 Å². The summed E-state index contributed by atoms with van der Waals surface area (Å²) in [7, 11) is 1.28. The summed E-state index contributed by atoms with van der Waals surface area (Å²) in [6.07, 6.45) is 1.42. The van der Waals surface area contributed by atoms with E-state index >= 15 is 0 Å². The standard InChI is InChI=1S/C29H33ClN4O4/c1-5-23(35)20-12-8-18(9-13-20)19-10-14-21(15-11-19)25-26(30)33-27(31-25)22-7-6-16-34(22)28(36)24(17(2)3)32-29(37)38-4/h8-15,17,22,24H,5-7,16H2,1-4H3,(H,31,33)(H,32,37)/t22-,24-/m0/s1. The van der Waals surface area contributed by atoms with Crippen molar-refractivity contribution in [2.24, 2.45) is 5.92 Å². The number of benzene rings is 2. The lowest BCUT2D eigenvalue weighted by Gasteiger charge is -2.29. The van der Waals surface area contributed by atoms with E-state index in [0.717, 1.165) is 29.5 Å². The summed E-state index contributed by atoms with van der Waals surface area (Å²) in [5, 5.41) is 3.07. The summed E-state index contributed by atoms with van der Waals surface area (Å²) in [5.74, 6) is 0.466. The number of amides is 2. The number of hydrogen-bond donors (Lipinski definition) is 2. The number of carbonyl (C=O) groups excluding carboxylic acids is 3. The second kappa shape index (κ2) is 11.8. The number of nitrogens with one attached hydrogen (secondary N) is 2. The first-order valence-corrected chi connectivity index (χ1v) is 13.3. The molecule has 1 aromatic heterocycles. The van der Waals surface area contributed by atoms with Crippen LogP contribution in [-0.2, 0) is 9.53 Å². The number of halogens is 1. The van der Waals surface area contributed by atoms with Crippen LogP contribution in [0.15, 0.2) is 48.5 Å². The number of hydrogen-bond acceptors (Lipinski definition) is 5. The highest BCUT2D eigenvalue weighted by Crippen LogP contribution is 2.36. The van der Waals surface area contributed by atoms with E-state index in [2.05, 4.69) is 10.3 Å². The van der Waals surface area contributed by atoms with E-state index in [9.17, 15) is 14.4 Å². The Balaban J connectivity index is 1.53. The van der Waals surface area contributed by atoms with Crippen LogP contribution >= 0.6 is 11.6 Å². The molecule has 0 saturated carbocycles.